The fourth-order valence-electron chi connectivity index (χ4n) is 1.85. The van der Waals surface area contributed by atoms with Crippen molar-refractivity contribution in [1.82, 2.24) is 4.57 Å². The number of para-hydroxylation sites is 2. The van der Waals surface area contributed by atoms with Crippen LogP contribution in [0.2, 0.25) is 0 Å². The summed E-state index contributed by atoms with van der Waals surface area (Å²) < 4.78 is 2.54. The summed E-state index contributed by atoms with van der Waals surface area (Å²) in [6, 6.07) is 7.72. The molecule has 2 aromatic rings. The lowest BCUT2D eigenvalue weighted by Gasteiger charge is -2.07. The third kappa shape index (κ3) is 2.88. The van der Waals surface area contributed by atoms with E-state index in [1.54, 1.807) is 29.0 Å². The molecule has 0 aliphatic carbocycles. The van der Waals surface area contributed by atoms with Gasteiger partial charge >= 0.3 is 0 Å². The number of nitro groups is 1. The number of nitrogens with zero attached hydrogens (tertiary/aromatic N) is 2. The Balaban J connectivity index is 2.30. The van der Waals surface area contributed by atoms with Crippen molar-refractivity contribution in [2.75, 3.05) is 5.32 Å². The van der Waals surface area contributed by atoms with Crippen molar-refractivity contribution in [2.24, 2.45) is 0 Å². The molecule has 0 unspecified atom stereocenters. The molecule has 0 fully saturated rings. The molecule has 0 spiro atoms. The summed E-state index contributed by atoms with van der Waals surface area (Å²) in [5, 5.41) is 13.5. The SMILES string of the molecule is CCn1cc(Br)cc1C(=O)Nc1ccccc1[N+](=O)[O-]. The van der Waals surface area contributed by atoms with Crippen molar-refractivity contribution in [2.45, 2.75) is 13.5 Å². The zero-order valence-electron chi connectivity index (χ0n) is 10.7. The van der Waals surface area contributed by atoms with Crippen LogP contribution in [-0.4, -0.2) is 15.4 Å². The van der Waals surface area contributed by atoms with Crippen molar-refractivity contribution in [3.05, 3.63) is 56.8 Å². The first kappa shape index (κ1) is 14.3. The average Bonchev–Trinajstić information content (AvgIpc) is 2.80. The molecule has 0 atom stereocenters. The first-order chi connectivity index (χ1) is 9.52. The van der Waals surface area contributed by atoms with Crippen LogP contribution in [0.15, 0.2) is 41.0 Å². The maximum absolute atomic E-state index is 12.2. The minimum absolute atomic E-state index is 0.130. The lowest BCUT2D eigenvalue weighted by molar-refractivity contribution is -0.383. The smallest absolute Gasteiger partial charge is 0.292 e. The third-order valence-electron chi connectivity index (χ3n) is 2.79. The number of halogens is 1. The molecule has 0 saturated heterocycles. The standard InChI is InChI=1S/C13H12BrN3O3/c1-2-16-8-9(14)7-12(16)13(18)15-10-5-3-4-6-11(10)17(19)20/h3-8H,2H2,1H3,(H,15,18). The number of nitro benzene ring substituents is 1. The van der Waals surface area contributed by atoms with E-state index < -0.39 is 4.92 Å². The van der Waals surface area contributed by atoms with Gasteiger partial charge in [0.2, 0.25) is 0 Å². The Labute approximate surface area is 123 Å². The highest BCUT2D eigenvalue weighted by atomic mass is 79.9. The van der Waals surface area contributed by atoms with Crippen molar-refractivity contribution in [1.29, 1.82) is 0 Å². The van der Waals surface area contributed by atoms with Crippen LogP contribution in [0.3, 0.4) is 0 Å². The highest BCUT2D eigenvalue weighted by Gasteiger charge is 2.18. The summed E-state index contributed by atoms with van der Waals surface area (Å²) in [6.45, 7) is 2.54. The first-order valence-electron chi connectivity index (χ1n) is 5.93. The number of amides is 1. The Kier molecular flexibility index (Phi) is 4.19. The van der Waals surface area contributed by atoms with E-state index in [0.717, 1.165) is 4.47 Å². The molecule has 0 aliphatic rings. The van der Waals surface area contributed by atoms with E-state index >= 15 is 0 Å². The van der Waals surface area contributed by atoms with E-state index in [1.807, 2.05) is 6.92 Å². The number of carbonyl (C=O) groups is 1. The predicted molar refractivity (Wildman–Crippen MR) is 78.9 cm³/mol. The molecule has 0 saturated carbocycles. The summed E-state index contributed by atoms with van der Waals surface area (Å²) in [4.78, 5) is 22.6. The molecule has 1 aromatic carbocycles. The zero-order valence-corrected chi connectivity index (χ0v) is 12.3. The Hall–Kier alpha value is -2.15. The van der Waals surface area contributed by atoms with Gasteiger partial charge in [-0.3, -0.25) is 14.9 Å². The number of carbonyl (C=O) groups excluding carboxylic acids is 1. The Bertz CT molecular complexity index is 667. The highest BCUT2D eigenvalue weighted by Crippen LogP contribution is 2.24. The van der Waals surface area contributed by atoms with Gasteiger partial charge in [-0.25, -0.2) is 0 Å². The van der Waals surface area contributed by atoms with Gasteiger partial charge in [-0.05, 0) is 35.0 Å². The Morgan fingerprint density at radius 3 is 2.80 bits per heavy atom. The number of aryl methyl sites for hydroxylation is 1. The van der Waals surface area contributed by atoms with E-state index in [1.165, 1.54) is 12.1 Å². The minimum atomic E-state index is -0.523. The van der Waals surface area contributed by atoms with Crippen molar-refractivity contribution >= 4 is 33.2 Å². The van der Waals surface area contributed by atoms with Crippen LogP contribution in [0, 0.1) is 10.1 Å². The number of anilines is 1. The van der Waals surface area contributed by atoms with Crippen molar-refractivity contribution in [3.8, 4) is 0 Å². The normalized spacial score (nSPS) is 10.3. The molecule has 20 heavy (non-hydrogen) atoms. The first-order valence-corrected chi connectivity index (χ1v) is 6.72. The van der Waals surface area contributed by atoms with Gasteiger partial charge < -0.3 is 9.88 Å². The van der Waals surface area contributed by atoms with E-state index in [4.69, 9.17) is 0 Å². The summed E-state index contributed by atoms with van der Waals surface area (Å²) in [7, 11) is 0. The number of rotatable bonds is 4. The second-order valence-corrected chi connectivity index (χ2v) is 4.97. The topological polar surface area (TPSA) is 77.2 Å². The summed E-state index contributed by atoms with van der Waals surface area (Å²) in [5.41, 5.74) is 0.495. The molecule has 1 amide bonds. The molecule has 7 heteroatoms. The van der Waals surface area contributed by atoms with Crippen LogP contribution < -0.4 is 5.32 Å². The molecular weight excluding hydrogens is 326 g/mol. The molecule has 2 rings (SSSR count). The van der Waals surface area contributed by atoms with Crippen LogP contribution in [0.25, 0.3) is 0 Å². The monoisotopic (exact) mass is 337 g/mol. The number of nitrogens with one attached hydrogen (secondary N) is 1. The molecule has 1 heterocycles. The summed E-state index contributed by atoms with van der Waals surface area (Å²) in [5.74, 6) is -0.383. The molecule has 0 radical (unpaired) electrons. The van der Waals surface area contributed by atoms with Crippen LogP contribution in [0.4, 0.5) is 11.4 Å². The van der Waals surface area contributed by atoms with Gasteiger partial charge in [-0.15, -0.1) is 0 Å². The van der Waals surface area contributed by atoms with Gasteiger partial charge in [-0.2, -0.15) is 0 Å². The van der Waals surface area contributed by atoms with E-state index in [2.05, 4.69) is 21.2 Å². The number of benzene rings is 1. The molecule has 104 valence electrons. The second-order valence-electron chi connectivity index (χ2n) is 4.06. The van der Waals surface area contributed by atoms with Gasteiger partial charge in [0.15, 0.2) is 0 Å². The zero-order chi connectivity index (χ0) is 14.7. The number of hydrogen-bond donors (Lipinski definition) is 1. The maximum atomic E-state index is 12.2. The highest BCUT2D eigenvalue weighted by molar-refractivity contribution is 9.10. The largest absolute Gasteiger partial charge is 0.343 e. The van der Waals surface area contributed by atoms with E-state index in [9.17, 15) is 14.9 Å². The second kappa shape index (κ2) is 5.87. The van der Waals surface area contributed by atoms with Crippen LogP contribution in [-0.2, 0) is 6.54 Å². The van der Waals surface area contributed by atoms with Gasteiger partial charge in [0.1, 0.15) is 11.4 Å². The molecule has 1 N–H and O–H groups in total. The van der Waals surface area contributed by atoms with Crippen molar-refractivity contribution in [3.63, 3.8) is 0 Å². The predicted octanol–water partition coefficient (Wildman–Crippen LogP) is 3.43. The van der Waals surface area contributed by atoms with Crippen molar-refractivity contribution < 1.29 is 9.72 Å². The van der Waals surface area contributed by atoms with Gasteiger partial charge in [0, 0.05) is 23.3 Å². The van der Waals surface area contributed by atoms with Crippen LogP contribution >= 0.6 is 15.9 Å². The molecule has 1 aromatic heterocycles. The maximum Gasteiger partial charge on any atom is 0.292 e. The Morgan fingerprint density at radius 1 is 1.45 bits per heavy atom. The molecule has 0 aliphatic heterocycles. The molecular formula is C13H12BrN3O3. The van der Waals surface area contributed by atoms with E-state index in [0.29, 0.717) is 12.2 Å². The third-order valence-corrected chi connectivity index (χ3v) is 3.22. The van der Waals surface area contributed by atoms with Gasteiger partial charge in [0.25, 0.3) is 11.6 Å². The van der Waals surface area contributed by atoms with Crippen LogP contribution in [0.5, 0.6) is 0 Å². The minimum Gasteiger partial charge on any atom is -0.343 e. The lowest BCUT2D eigenvalue weighted by Crippen LogP contribution is -2.17. The summed E-state index contributed by atoms with van der Waals surface area (Å²) in [6.07, 6.45) is 1.79. The van der Waals surface area contributed by atoms with Gasteiger partial charge in [0.05, 0.1) is 4.92 Å². The average molecular weight is 338 g/mol. The summed E-state index contributed by atoms with van der Waals surface area (Å²) >= 11 is 3.31. The molecule has 6 nitrogen and oxygen atoms in total. The number of aromatic nitrogens is 1. The fourth-order valence-corrected chi connectivity index (χ4v) is 2.32. The quantitative estimate of drug-likeness (QED) is 0.685. The Morgan fingerprint density at radius 2 is 2.15 bits per heavy atom. The van der Waals surface area contributed by atoms with Crippen LogP contribution in [0.1, 0.15) is 17.4 Å². The lowest BCUT2D eigenvalue weighted by atomic mass is 10.2. The number of hydrogen-bond acceptors (Lipinski definition) is 3. The molecule has 0 bridgehead atoms. The van der Waals surface area contributed by atoms with E-state index in [-0.39, 0.29) is 17.3 Å². The van der Waals surface area contributed by atoms with Gasteiger partial charge in [-0.1, -0.05) is 12.1 Å². The fraction of sp³-hybridized carbons (Fsp3) is 0.154.